The monoisotopic (exact) mass is 292 g/mol. The van der Waals surface area contributed by atoms with Gasteiger partial charge in [0.2, 0.25) is 0 Å². The van der Waals surface area contributed by atoms with E-state index in [-0.39, 0.29) is 17.2 Å². The predicted octanol–water partition coefficient (Wildman–Crippen LogP) is 2.11. The van der Waals surface area contributed by atoms with Gasteiger partial charge in [0.1, 0.15) is 0 Å². The Morgan fingerprint density at radius 1 is 1.29 bits per heavy atom. The van der Waals surface area contributed by atoms with Crippen molar-refractivity contribution in [2.75, 3.05) is 19.6 Å². The topological polar surface area (TPSA) is 56.3 Å². The van der Waals surface area contributed by atoms with Crippen LogP contribution in [0.4, 0.5) is 0 Å². The molecule has 5 nitrogen and oxygen atoms in total. The van der Waals surface area contributed by atoms with E-state index >= 15 is 0 Å². The minimum Gasteiger partial charge on any atom is -0.367 e. The number of hydrogen-bond donors (Lipinski definition) is 1. The molecule has 2 aliphatic rings. The molecular weight excluding hydrogens is 264 g/mol. The zero-order chi connectivity index (χ0) is 15.3. The molecule has 0 radical (unpaired) electrons. The van der Waals surface area contributed by atoms with Gasteiger partial charge in [0.05, 0.1) is 29.3 Å². The number of rotatable bonds is 4. The lowest BCUT2D eigenvalue weighted by Crippen LogP contribution is -2.58. The number of nitrogens with zero attached hydrogens (tertiary/aromatic N) is 3. The molecule has 2 fully saturated rings. The van der Waals surface area contributed by atoms with Crippen LogP contribution in [0, 0.1) is 0 Å². The van der Waals surface area contributed by atoms with E-state index in [2.05, 4.69) is 42.1 Å². The van der Waals surface area contributed by atoms with Crippen molar-refractivity contribution in [1.29, 1.82) is 0 Å². The van der Waals surface area contributed by atoms with E-state index in [1.807, 2.05) is 12.5 Å². The summed E-state index contributed by atoms with van der Waals surface area (Å²) in [5.41, 5.74) is 7.09. The highest BCUT2D eigenvalue weighted by atomic mass is 16.5. The van der Waals surface area contributed by atoms with Crippen LogP contribution in [0.2, 0.25) is 0 Å². The summed E-state index contributed by atoms with van der Waals surface area (Å²) in [6.45, 7) is 11.0. The highest BCUT2D eigenvalue weighted by Gasteiger charge is 2.41. The number of ether oxygens (including phenoxy) is 1. The van der Waals surface area contributed by atoms with Crippen molar-refractivity contribution in [3.63, 3.8) is 0 Å². The second-order valence-electron chi connectivity index (χ2n) is 7.73. The molecule has 0 spiro atoms. The molecule has 0 amide bonds. The van der Waals surface area contributed by atoms with Crippen LogP contribution in [0.25, 0.3) is 0 Å². The van der Waals surface area contributed by atoms with Crippen LogP contribution in [0.15, 0.2) is 12.5 Å². The van der Waals surface area contributed by atoms with Crippen molar-refractivity contribution in [3.8, 4) is 0 Å². The Kier molecular flexibility index (Phi) is 3.62. The van der Waals surface area contributed by atoms with E-state index in [4.69, 9.17) is 10.5 Å². The summed E-state index contributed by atoms with van der Waals surface area (Å²) in [4.78, 5) is 6.84. The number of imidazole rings is 1. The normalized spacial score (nSPS) is 26.7. The van der Waals surface area contributed by atoms with Crippen LogP contribution in [-0.4, -0.2) is 45.3 Å². The summed E-state index contributed by atoms with van der Waals surface area (Å²) < 4.78 is 8.51. The van der Waals surface area contributed by atoms with Crippen molar-refractivity contribution in [3.05, 3.63) is 18.2 Å². The number of nitrogens with two attached hydrogens (primary N) is 1. The van der Waals surface area contributed by atoms with Crippen molar-refractivity contribution < 1.29 is 4.74 Å². The van der Waals surface area contributed by atoms with Gasteiger partial charge in [0, 0.05) is 31.9 Å². The van der Waals surface area contributed by atoms with Crippen LogP contribution >= 0.6 is 0 Å². The zero-order valence-corrected chi connectivity index (χ0v) is 13.7. The molecule has 0 bridgehead atoms. The van der Waals surface area contributed by atoms with Crippen molar-refractivity contribution in [2.45, 2.75) is 63.8 Å². The molecule has 2 heterocycles. The average molecular weight is 292 g/mol. The molecule has 1 unspecified atom stereocenters. The zero-order valence-electron chi connectivity index (χ0n) is 13.7. The van der Waals surface area contributed by atoms with Crippen LogP contribution in [0.5, 0.6) is 0 Å². The summed E-state index contributed by atoms with van der Waals surface area (Å²) in [5, 5.41) is 0. The summed E-state index contributed by atoms with van der Waals surface area (Å²) >= 11 is 0. The van der Waals surface area contributed by atoms with Crippen LogP contribution < -0.4 is 5.73 Å². The first-order chi connectivity index (χ1) is 9.81. The molecule has 3 rings (SSSR count). The fourth-order valence-electron chi connectivity index (χ4n) is 3.75. The Hall–Kier alpha value is -0.910. The van der Waals surface area contributed by atoms with Gasteiger partial charge in [0.25, 0.3) is 0 Å². The highest BCUT2D eigenvalue weighted by molar-refractivity contribution is 5.11. The molecule has 1 aromatic heterocycles. The lowest BCUT2D eigenvalue weighted by molar-refractivity contribution is -0.188. The lowest BCUT2D eigenvalue weighted by atomic mass is 9.96. The Labute approximate surface area is 127 Å². The van der Waals surface area contributed by atoms with Crippen LogP contribution in [-0.2, 0) is 4.74 Å². The molecular formula is C16H28N4O. The van der Waals surface area contributed by atoms with Gasteiger partial charge in [-0.3, -0.25) is 4.90 Å². The summed E-state index contributed by atoms with van der Waals surface area (Å²) in [6.07, 6.45) is 6.49. The first kappa shape index (κ1) is 15.0. The molecule has 21 heavy (non-hydrogen) atoms. The average Bonchev–Trinajstić information content (AvgIpc) is 3.06. The number of hydrogen-bond acceptors (Lipinski definition) is 4. The smallest absolute Gasteiger partial charge is 0.0951 e. The largest absolute Gasteiger partial charge is 0.367 e. The Balaban J connectivity index is 1.86. The molecule has 1 saturated heterocycles. The van der Waals surface area contributed by atoms with Crippen molar-refractivity contribution in [2.24, 2.45) is 5.73 Å². The van der Waals surface area contributed by atoms with Gasteiger partial charge in [-0.05, 0) is 40.5 Å². The number of morpholine rings is 1. The minimum absolute atomic E-state index is 0.153. The molecule has 1 aliphatic carbocycles. The molecule has 0 aromatic carbocycles. The van der Waals surface area contributed by atoms with E-state index < -0.39 is 0 Å². The van der Waals surface area contributed by atoms with E-state index in [1.54, 1.807) is 0 Å². The standard InChI is InChI=1S/C16H28N4O/c1-15(2)9-19(10-16(3,4)21-15)13(7-17)14-8-18-11-20(14)12-5-6-12/h8,11-13H,5-7,9-10,17H2,1-4H3. The van der Waals surface area contributed by atoms with E-state index in [9.17, 15) is 0 Å². The summed E-state index contributed by atoms with van der Waals surface area (Å²) in [6, 6.07) is 0.856. The summed E-state index contributed by atoms with van der Waals surface area (Å²) in [5.74, 6) is 0. The van der Waals surface area contributed by atoms with Gasteiger partial charge < -0.3 is 15.0 Å². The molecule has 1 aromatic rings. The second-order valence-corrected chi connectivity index (χ2v) is 7.73. The van der Waals surface area contributed by atoms with Gasteiger partial charge >= 0.3 is 0 Å². The Morgan fingerprint density at radius 3 is 2.43 bits per heavy atom. The molecule has 1 aliphatic heterocycles. The van der Waals surface area contributed by atoms with Crippen LogP contribution in [0.3, 0.4) is 0 Å². The van der Waals surface area contributed by atoms with E-state index in [1.165, 1.54) is 18.5 Å². The van der Waals surface area contributed by atoms with E-state index in [0.717, 1.165) is 13.1 Å². The maximum atomic E-state index is 6.19. The predicted molar refractivity (Wildman–Crippen MR) is 83.1 cm³/mol. The fourth-order valence-corrected chi connectivity index (χ4v) is 3.75. The van der Waals surface area contributed by atoms with Gasteiger partial charge in [-0.1, -0.05) is 0 Å². The SMILES string of the molecule is CC1(C)CN(C(CN)c2cncn2C2CC2)CC(C)(C)O1. The van der Waals surface area contributed by atoms with Gasteiger partial charge in [-0.25, -0.2) is 4.98 Å². The lowest BCUT2D eigenvalue weighted by Gasteiger charge is -2.49. The Bertz CT molecular complexity index is 488. The quantitative estimate of drug-likeness (QED) is 0.923. The third-order valence-corrected chi connectivity index (χ3v) is 4.36. The van der Waals surface area contributed by atoms with E-state index in [0.29, 0.717) is 12.6 Å². The third-order valence-electron chi connectivity index (χ3n) is 4.36. The van der Waals surface area contributed by atoms with Gasteiger partial charge in [0.15, 0.2) is 0 Å². The summed E-state index contributed by atoms with van der Waals surface area (Å²) in [7, 11) is 0. The maximum Gasteiger partial charge on any atom is 0.0951 e. The van der Waals surface area contributed by atoms with Crippen LogP contribution in [0.1, 0.15) is 58.3 Å². The molecule has 2 N–H and O–H groups in total. The molecule has 5 heteroatoms. The number of aromatic nitrogens is 2. The fraction of sp³-hybridized carbons (Fsp3) is 0.812. The van der Waals surface area contributed by atoms with Crippen molar-refractivity contribution in [1.82, 2.24) is 14.5 Å². The second kappa shape index (κ2) is 5.07. The van der Waals surface area contributed by atoms with Gasteiger partial charge in [-0.15, -0.1) is 0 Å². The maximum absolute atomic E-state index is 6.19. The van der Waals surface area contributed by atoms with Gasteiger partial charge in [-0.2, -0.15) is 0 Å². The Morgan fingerprint density at radius 2 is 1.90 bits per heavy atom. The third kappa shape index (κ3) is 3.15. The highest BCUT2D eigenvalue weighted by Crippen LogP contribution is 2.39. The first-order valence-electron chi connectivity index (χ1n) is 7.97. The first-order valence-corrected chi connectivity index (χ1v) is 7.97. The minimum atomic E-state index is -0.153. The molecule has 1 atom stereocenters. The molecule has 1 saturated carbocycles. The molecule has 118 valence electrons. The van der Waals surface area contributed by atoms with Crippen molar-refractivity contribution >= 4 is 0 Å².